The van der Waals surface area contributed by atoms with Crippen LogP contribution >= 0.6 is 11.6 Å². The van der Waals surface area contributed by atoms with E-state index in [1.54, 1.807) is 6.20 Å². The Labute approximate surface area is 208 Å². The van der Waals surface area contributed by atoms with Crippen molar-refractivity contribution < 1.29 is 8.78 Å². The number of rotatable bonds is 7. The zero-order chi connectivity index (χ0) is 24.7. The lowest BCUT2D eigenvalue weighted by molar-refractivity contribution is 0.0831. The standard InChI is InChI=1S/C25H30ClF2N7/c1-14-9-21(30-24-29-12-20(26)23(32-24)31-22-10-16(3)33-34-22)15(2)8-19(14)17-4-6-35(7-5-17)13-18-11-25(18,27)28/h8-10,12,17-18H,4-7,11,13H2,1-3H3,(H3,29,30,31,32,33,34). The zero-order valence-electron chi connectivity index (χ0n) is 20.1. The minimum atomic E-state index is -2.43. The van der Waals surface area contributed by atoms with Crippen LogP contribution in [-0.2, 0) is 0 Å². The molecule has 3 heterocycles. The van der Waals surface area contributed by atoms with Gasteiger partial charge in [0, 0.05) is 36.3 Å². The van der Waals surface area contributed by atoms with Crippen LogP contribution in [0, 0.1) is 26.7 Å². The normalized spacial score (nSPS) is 20.1. The van der Waals surface area contributed by atoms with Crippen molar-refractivity contribution in [2.45, 2.75) is 51.9 Å². The van der Waals surface area contributed by atoms with Gasteiger partial charge >= 0.3 is 0 Å². The highest BCUT2D eigenvalue weighted by molar-refractivity contribution is 6.32. The van der Waals surface area contributed by atoms with Gasteiger partial charge in [-0.05, 0) is 75.4 Å². The minimum absolute atomic E-state index is 0.0528. The molecule has 0 radical (unpaired) electrons. The van der Waals surface area contributed by atoms with E-state index in [1.807, 2.05) is 13.0 Å². The number of likely N-dealkylation sites (tertiary alicyclic amines) is 1. The van der Waals surface area contributed by atoms with Crippen LogP contribution in [0.4, 0.5) is 32.1 Å². The van der Waals surface area contributed by atoms with E-state index >= 15 is 0 Å². The minimum Gasteiger partial charge on any atom is -0.324 e. The molecule has 0 bridgehead atoms. The third kappa shape index (κ3) is 5.41. The summed E-state index contributed by atoms with van der Waals surface area (Å²) in [6.07, 6.45) is 3.60. The summed E-state index contributed by atoms with van der Waals surface area (Å²) in [5, 5.41) is 13.9. The maximum Gasteiger partial charge on any atom is 0.252 e. The molecule has 3 aromatic rings. The number of aryl methyl sites for hydroxylation is 3. The first-order valence-electron chi connectivity index (χ1n) is 12.0. The van der Waals surface area contributed by atoms with Crippen molar-refractivity contribution in [1.29, 1.82) is 0 Å². The topological polar surface area (TPSA) is 81.8 Å². The molecule has 1 aromatic carbocycles. The molecule has 35 heavy (non-hydrogen) atoms. The summed E-state index contributed by atoms with van der Waals surface area (Å²) in [4.78, 5) is 11.1. The summed E-state index contributed by atoms with van der Waals surface area (Å²) in [5.74, 6) is -0.902. The Morgan fingerprint density at radius 2 is 1.86 bits per heavy atom. The average molecular weight is 502 g/mol. The fourth-order valence-electron chi connectivity index (χ4n) is 4.86. The quantitative estimate of drug-likeness (QED) is 0.363. The summed E-state index contributed by atoms with van der Waals surface area (Å²) in [6, 6.07) is 6.22. The molecule has 1 unspecified atom stereocenters. The molecule has 1 aliphatic heterocycles. The number of alkyl halides is 2. The van der Waals surface area contributed by atoms with Gasteiger partial charge in [0.05, 0.1) is 6.20 Å². The average Bonchev–Trinajstić information content (AvgIpc) is 3.19. The monoisotopic (exact) mass is 501 g/mol. The van der Waals surface area contributed by atoms with Crippen LogP contribution in [0.5, 0.6) is 0 Å². The molecular weight excluding hydrogens is 472 g/mol. The first kappa shape index (κ1) is 23.9. The van der Waals surface area contributed by atoms with Gasteiger partial charge < -0.3 is 15.5 Å². The highest BCUT2D eigenvalue weighted by Gasteiger charge is 2.57. The Kier molecular flexibility index (Phi) is 6.40. The molecule has 0 spiro atoms. The van der Waals surface area contributed by atoms with Gasteiger partial charge in [-0.25, -0.2) is 13.8 Å². The Bertz CT molecular complexity index is 1220. The molecule has 1 saturated heterocycles. The van der Waals surface area contributed by atoms with Crippen molar-refractivity contribution in [1.82, 2.24) is 25.1 Å². The summed E-state index contributed by atoms with van der Waals surface area (Å²) < 4.78 is 26.5. The van der Waals surface area contributed by atoms with E-state index in [2.05, 4.69) is 61.7 Å². The van der Waals surface area contributed by atoms with Crippen LogP contribution in [-0.4, -0.2) is 50.6 Å². The number of nitrogens with one attached hydrogen (secondary N) is 3. The number of H-pyrrole nitrogens is 1. The van der Waals surface area contributed by atoms with E-state index in [-0.39, 0.29) is 6.42 Å². The van der Waals surface area contributed by atoms with E-state index in [4.69, 9.17) is 11.6 Å². The third-order valence-electron chi connectivity index (χ3n) is 7.02. The summed E-state index contributed by atoms with van der Waals surface area (Å²) in [7, 11) is 0. The predicted molar refractivity (Wildman–Crippen MR) is 134 cm³/mol. The second-order valence-corrected chi connectivity index (χ2v) is 10.2. The molecule has 5 rings (SSSR count). The van der Waals surface area contributed by atoms with Crippen LogP contribution in [0.1, 0.15) is 47.6 Å². The van der Waals surface area contributed by atoms with E-state index in [0.717, 1.165) is 42.9 Å². The van der Waals surface area contributed by atoms with Crippen molar-refractivity contribution in [3.63, 3.8) is 0 Å². The lowest BCUT2D eigenvalue weighted by Gasteiger charge is -2.33. The van der Waals surface area contributed by atoms with Crippen molar-refractivity contribution in [3.05, 3.63) is 51.8 Å². The van der Waals surface area contributed by atoms with Crippen molar-refractivity contribution in [3.8, 4) is 0 Å². The van der Waals surface area contributed by atoms with Crippen LogP contribution in [0.3, 0.4) is 0 Å². The van der Waals surface area contributed by atoms with Crippen molar-refractivity contribution in [2.24, 2.45) is 5.92 Å². The number of anilines is 4. The molecule has 186 valence electrons. The SMILES string of the molecule is Cc1cc(Nc2nc(Nc3cc(C)c(C4CCN(CC5CC5(F)F)CC4)cc3C)ncc2Cl)n[nH]1. The van der Waals surface area contributed by atoms with Gasteiger partial charge in [-0.1, -0.05) is 17.7 Å². The van der Waals surface area contributed by atoms with Gasteiger partial charge in [0.25, 0.3) is 5.92 Å². The number of aromatic nitrogens is 4. The zero-order valence-corrected chi connectivity index (χ0v) is 20.9. The number of halogens is 3. The predicted octanol–water partition coefficient (Wildman–Crippen LogP) is 6.10. The van der Waals surface area contributed by atoms with E-state index in [0.29, 0.717) is 35.1 Å². The second-order valence-electron chi connectivity index (χ2n) is 9.84. The van der Waals surface area contributed by atoms with Gasteiger partial charge in [0.1, 0.15) is 5.02 Å². The van der Waals surface area contributed by atoms with Gasteiger partial charge in [-0.15, -0.1) is 0 Å². The number of nitrogens with zero attached hydrogens (tertiary/aromatic N) is 4. The molecule has 0 amide bonds. The molecule has 10 heteroatoms. The first-order valence-corrected chi connectivity index (χ1v) is 12.4. The van der Waals surface area contributed by atoms with Gasteiger partial charge in [0.2, 0.25) is 5.95 Å². The molecular formula is C25H30ClF2N7. The molecule has 1 atom stereocenters. The summed E-state index contributed by atoms with van der Waals surface area (Å²) in [5.41, 5.74) is 5.49. The molecule has 3 N–H and O–H groups in total. The maximum absolute atomic E-state index is 13.3. The Morgan fingerprint density at radius 1 is 1.11 bits per heavy atom. The van der Waals surface area contributed by atoms with Crippen LogP contribution in [0.15, 0.2) is 24.4 Å². The number of hydrogen-bond donors (Lipinski definition) is 3. The largest absolute Gasteiger partial charge is 0.324 e. The number of hydrogen-bond acceptors (Lipinski definition) is 6. The smallest absolute Gasteiger partial charge is 0.252 e. The van der Waals surface area contributed by atoms with Gasteiger partial charge in [0.15, 0.2) is 11.6 Å². The maximum atomic E-state index is 13.3. The Hall–Kier alpha value is -2.78. The number of aromatic amines is 1. The van der Waals surface area contributed by atoms with Gasteiger partial charge in [-0.3, -0.25) is 5.10 Å². The lowest BCUT2D eigenvalue weighted by Crippen LogP contribution is -2.35. The summed E-state index contributed by atoms with van der Waals surface area (Å²) >= 11 is 6.28. The first-order chi connectivity index (χ1) is 16.7. The highest BCUT2D eigenvalue weighted by atomic mass is 35.5. The lowest BCUT2D eigenvalue weighted by atomic mass is 9.85. The van der Waals surface area contributed by atoms with E-state index in [9.17, 15) is 8.78 Å². The second kappa shape index (κ2) is 9.35. The number of piperidine rings is 1. The van der Waals surface area contributed by atoms with Crippen molar-refractivity contribution in [2.75, 3.05) is 30.3 Å². The van der Waals surface area contributed by atoms with Crippen molar-refractivity contribution >= 4 is 34.9 Å². The molecule has 1 saturated carbocycles. The fourth-order valence-corrected chi connectivity index (χ4v) is 5.00. The van der Waals surface area contributed by atoms with Crippen LogP contribution in [0.25, 0.3) is 0 Å². The molecule has 7 nitrogen and oxygen atoms in total. The van der Waals surface area contributed by atoms with Gasteiger partial charge in [-0.2, -0.15) is 10.1 Å². The molecule has 2 aromatic heterocycles. The fraction of sp³-hybridized carbons (Fsp3) is 0.480. The van der Waals surface area contributed by atoms with Crippen LogP contribution in [0.2, 0.25) is 5.02 Å². The number of benzene rings is 1. The van der Waals surface area contributed by atoms with E-state index in [1.165, 1.54) is 11.1 Å². The van der Waals surface area contributed by atoms with E-state index < -0.39 is 11.8 Å². The Balaban J connectivity index is 1.25. The molecule has 2 aliphatic rings. The Morgan fingerprint density at radius 3 is 2.51 bits per heavy atom. The third-order valence-corrected chi connectivity index (χ3v) is 7.29. The summed E-state index contributed by atoms with van der Waals surface area (Å²) in [6.45, 7) is 8.38. The van der Waals surface area contributed by atoms with Crippen LogP contribution < -0.4 is 10.6 Å². The highest BCUT2D eigenvalue weighted by Crippen LogP contribution is 2.49. The molecule has 2 fully saturated rings. The molecule has 1 aliphatic carbocycles.